The summed E-state index contributed by atoms with van der Waals surface area (Å²) in [5.74, 6) is -0.184. The van der Waals surface area contributed by atoms with Gasteiger partial charge in [0.15, 0.2) is 0 Å². The molecule has 2 atom stereocenters. The Labute approximate surface area is 137 Å². The van der Waals surface area contributed by atoms with Crippen molar-refractivity contribution in [3.63, 3.8) is 0 Å². The van der Waals surface area contributed by atoms with E-state index in [2.05, 4.69) is 17.4 Å². The molecule has 1 fully saturated rings. The largest absolute Gasteiger partial charge is 0.348 e. The molecule has 3 N–H and O–H groups in total. The zero-order valence-corrected chi connectivity index (χ0v) is 13.5. The van der Waals surface area contributed by atoms with E-state index in [-0.39, 0.29) is 24.4 Å². The Morgan fingerprint density at radius 3 is 2.91 bits per heavy atom. The molecule has 124 valence electrons. The van der Waals surface area contributed by atoms with Crippen LogP contribution in [-0.2, 0) is 16.0 Å². The fourth-order valence-corrected chi connectivity index (χ4v) is 3.61. The zero-order chi connectivity index (χ0) is 16.2. The van der Waals surface area contributed by atoms with Crippen LogP contribution in [-0.4, -0.2) is 35.8 Å². The average Bonchev–Trinajstić information content (AvgIpc) is 2.71. The number of aryl methyl sites for hydroxylation is 1. The highest BCUT2D eigenvalue weighted by Gasteiger charge is 2.27. The van der Waals surface area contributed by atoms with Crippen molar-refractivity contribution in [1.82, 2.24) is 10.2 Å². The molecule has 2 amide bonds. The monoisotopic (exact) mass is 315 g/mol. The van der Waals surface area contributed by atoms with Gasteiger partial charge < -0.3 is 16.0 Å². The van der Waals surface area contributed by atoms with E-state index in [9.17, 15) is 9.59 Å². The molecule has 0 aromatic heterocycles. The van der Waals surface area contributed by atoms with Gasteiger partial charge in [0.25, 0.3) is 0 Å². The molecule has 0 radical (unpaired) electrons. The van der Waals surface area contributed by atoms with Crippen LogP contribution in [0.4, 0.5) is 0 Å². The van der Waals surface area contributed by atoms with Crippen LogP contribution in [0.3, 0.4) is 0 Å². The molecule has 0 spiro atoms. The maximum absolute atomic E-state index is 12.4. The Kier molecular flexibility index (Phi) is 4.96. The molecule has 1 saturated heterocycles. The van der Waals surface area contributed by atoms with Gasteiger partial charge in [-0.2, -0.15) is 0 Å². The second-order valence-corrected chi connectivity index (χ2v) is 6.57. The van der Waals surface area contributed by atoms with Crippen molar-refractivity contribution in [1.29, 1.82) is 0 Å². The van der Waals surface area contributed by atoms with Crippen LogP contribution in [0.1, 0.15) is 49.3 Å². The second kappa shape index (κ2) is 7.13. The summed E-state index contributed by atoms with van der Waals surface area (Å²) < 4.78 is 0. The van der Waals surface area contributed by atoms with Crippen LogP contribution in [0.25, 0.3) is 0 Å². The van der Waals surface area contributed by atoms with Crippen molar-refractivity contribution in [3.05, 3.63) is 35.4 Å². The van der Waals surface area contributed by atoms with Crippen molar-refractivity contribution in [3.8, 4) is 0 Å². The summed E-state index contributed by atoms with van der Waals surface area (Å²) in [4.78, 5) is 26.2. The number of carbonyl (C=O) groups is 2. The highest BCUT2D eigenvalue weighted by atomic mass is 16.2. The van der Waals surface area contributed by atoms with Crippen LogP contribution in [0, 0.1) is 0 Å². The minimum absolute atomic E-state index is 0.0585. The SMILES string of the molecule is NC1CCCCN(CC(=O)NC2CCCc3ccccc32)C1=O. The average molecular weight is 315 g/mol. The van der Waals surface area contributed by atoms with E-state index in [4.69, 9.17) is 5.73 Å². The van der Waals surface area contributed by atoms with E-state index in [1.54, 1.807) is 4.90 Å². The Bertz CT molecular complexity index is 587. The third kappa shape index (κ3) is 3.72. The predicted molar refractivity (Wildman–Crippen MR) is 88.7 cm³/mol. The third-order valence-electron chi connectivity index (χ3n) is 4.86. The lowest BCUT2D eigenvalue weighted by molar-refractivity contribution is -0.136. The summed E-state index contributed by atoms with van der Waals surface area (Å²) in [7, 11) is 0. The van der Waals surface area contributed by atoms with E-state index in [0.717, 1.165) is 32.1 Å². The molecule has 0 saturated carbocycles. The van der Waals surface area contributed by atoms with Gasteiger partial charge in [-0.1, -0.05) is 24.3 Å². The Morgan fingerprint density at radius 2 is 2.04 bits per heavy atom. The first-order valence-electron chi connectivity index (χ1n) is 8.56. The molecule has 0 bridgehead atoms. The van der Waals surface area contributed by atoms with Gasteiger partial charge in [-0.25, -0.2) is 0 Å². The number of nitrogens with zero attached hydrogens (tertiary/aromatic N) is 1. The number of likely N-dealkylation sites (tertiary alicyclic amines) is 1. The summed E-state index contributed by atoms with van der Waals surface area (Å²) in [6.07, 6.45) is 5.68. The number of carbonyl (C=O) groups excluding carboxylic acids is 2. The van der Waals surface area contributed by atoms with Crippen molar-refractivity contribution >= 4 is 11.8 Å². The zero-order valence-electron chi connectivity index (χ0n) is 13.5. The van der Waals surface area contributed by atoms with Crippen molar-refractivity contribution in [2.75, 3.05) is 13.1 Å². The molecule has 1 aromatic rings. The van der Waals surface area contributed by atoms with Crippen molar-refractivity contribution in [2.24, 2.45) is 5.73 Å². The number of rotatable bonds is 3. The molecule has 23 heavy (non-hydrogen) atoms. The smallest absolute Gasteiger partial charge is 0.240 e. The van der Waals surface area contributed by atoms with Crippen LogP contribution in [0.5, 0.6) is 0 Å². The van der Waals surface area contributed by atoms with Crippen LogP contribution >= 0.6 is 0 Å². The molecular weight excluding hydrogens is 290 g/mol. The standard InChI is InChI=1S/C18H25N3O2/c19-15-9-3-4-11-21(18(15)23)12-17(22)20-16-10-5-7-13-6-1-2-8-14(13)16/h1-2,6,8,15-16H,3-5,7,9-12,19H2,(H,20,22). The molecule has 1 aromatic carbocycles. The number of benzene rings is 1. The van der Waals surface area contributed by atoms with E-state index >= 15 is 0 Å². The topological polar surface area (TPSA) is 75.4 Å². The lowest BCUT2D eigenvalue weighted by atomic mass is 9.88. The molecule has 2 aliphatic rings. The molecular formula is C18H25N3O2. The van der Waals surface area contributed by atoms with E-state index in [1.165, 1.54) is 11.1 Å². The van der Waals surface area contributed by atoms with Gasteiger partial charge in [0.2, 0.25) is 11.8 Å². The number of nitrogens with one attached hydrogen (secondary N) is 1. The lowest BCUT2D eigenvalue weighted by Crippen LogP contribution is -2.47. The van der Waals surface area contributed by atoms with E-state index in [0.29, 0.717) is 13.0 Å². The molecule has 5 nitrogen and oxygen atoms in total. The first kappa shape index (κ1) is 16.0. The quantitative estimate of drug-likeness (QED) is 0.888. The molecule has 1 heterocycles. The number of fused-ring (bicyclic) bond motifs is 1. The van der Waals surface area contributed by atoms with Gasteiger partial charge in [0, 0.05) is 6.54 Å². The highest BCUT2D eigenvalue weighted by molar-refractivity contribution is 5.87. The van der Waals surface area contributed by atoms with Crippen LogP contribution in [0.2, 0.25) is 0 Å². The van der Waals surface area contributed by atoms with Gasteiger partial charge in [0.1, 0.15) is 0 Å². The van der Waals surface area contributed by atoms with Gasteiger partial charge in [-0.15, -0.1) is 0 Å². The van der Waals surface area contributed by atoms with Gasteiger partial charge in [-0.05, 0) is 49.7 Å². The molecule has 2 unspecified atom stereocenters. The predicted octanol–water partition coefficient (Wildman–Crippen LogP) is 1.52. The minimum atomic E-state index is -0.458. The van der Waals surface area contributed by atoms with Crippen LogP contribution < -0.4 is 11.1 Å². The van der Waals surface area contributed by atoms with Gasteiger partial charge in [0.05, 0.1) is 18.6 Å². The third-order valence-corrected chi connectivity index (χ3v) is 4.86. The van der Waals surface area contributed by atoms with Gasteiger partial charge in [-0.3, -0.25) is 9.59 Å². The second-order valence-electron chi connectivity index (χ2n) is 6.57. The Hall–Kier alpha value is -1.88. The first-order chi connectivity index (χ1) is 11.1. The van der Waals surface area contributed by atoms with E-state index in [1.807, 2.05) is 12.1 Å². The summed E-state index contributed by atoms with van der Waals surface area (Å²) in [5.41, 5.74) is 8.40. The van der Waals surface area contributed by atoms with Crippen molar-refractivity contribution in [2.45, 2.75) is 50.6 Å². The minimum Gasteiger partial charge on any atom is -0.348 e. The molecule has 1 aliphatic heterocycles. The number of hydrogen-bond acceptors (Lipinski definition) is 3. The van der Waals surface area contributed by atoms with E-state index < -0.39 is 6.04 Å². The number of nitrogens with two attached hydrogens (primary N) is 1. The lowest BCUT2D eigenvalue weighted by Gasteiger charge is -2.28. The molecule has 5 heteroatoms. The Morgan fingerprint density at radius 1 is 1.22 bits per heavy atom. The van der Waals surface area contributed by atoms with Crippen LogP contribution in [0.15, 0.2) is 24.3 Å². The molecule has 1 aliphatic carbocycles. The normalized spacial score (nSPS) is 24.7. The summed E-state index contributed by atoms with van der Waals surface area (Å²) in [5, 5.41) is 3.10. The fourth-order valence-electron chi connectivity index (χ4n) is 3.61. The maximum atomic E-state index is 12.4. The highest BCUT2D eigenvalue weighted by Crippen LogP contribution is 2.29. The fraction of sp³-hybridized carbons (Fsp3) is 0.556. The summed E-state index contributed by atoms with van der Waals surface area (Å²) >= 11 is 0. The first-order valence-corrected chi connectivity index (χ1v) is 8.56. The number of amides is 2. The Balaban J connectivity index is 1.63. The van der Waals surface area contributed by atoms with Gasteiger partial charge >= 0.3 is 0 Å². The molecule has 3 rings (SSSR count). The summed E-state index contributed by atoms with van der Waals surface area (Å²) in [6, 6.07) is 7.88. The van der Waals surface area contributed by atoms with Crippen molar-refractivity contribution < 1.29 is 9.59 Å². The maximum Gasteiger partial charge on any atom is 0.240 e. The number of hydrogen-bond donors (Lipinski definition) is 2. The summed E-state index contributed by atoms with van der Waals surface area (Å²) in [6.45, 7) is 0.742.